The molecule has 1 rings (SSSR count). The molecule has 6 heteroatoms. The maximum absolute atomic E-state index is 11.1. The van der Waals surface area contributed by atoms with Crippen molar-refractivity contribution in [2.24, 2.45) is 0 Å². The Kier molecular flexibility index (Phi) is 3.17. The van der Waals surface area contributed by atoms with E-state index in [-0.39, 0.29) is 6.10 Å². The van der Waals surface area contributed by atoms with Crippen LogP contribution in [0.4, 0.5) is 0 Å². The van der Waals surface area contributed by atoms with Crippen molar-refractivity contribution in [2.75, 3.05) is 0 Å². The molecule has 0 aromatic carbocycles. The molecule has 0 bridgehead atoms. The lowest BCUT2D eigenvalue weighted by molar-refractivity contribution is -0.170. The van der Waals surface area contributed by atoms with E-state index in [0.29, 0.717) is 5.01 Å². The highest BCUT2D eigenvalue weighted by Crippen LogP contribution is 2.27. The molecule has 0 aliphatic heterocycles. The monoisotopic (exact) mass is 216 g/mol. The Hall–Kier alpha value is -1.01. The van der Waals surface area contributed by atoms with Gasteiger partial charge in [0, 0.05) is 0 Å². The number of aliphatic carboxylic acids is 1. The van der Waals surface area contributed by atoms with Crippen LogP contribution in [0.1, 0.15) is 25.8 Å². The molecule has 14 heavy (non-hydrogen) atoms. The minimum atomic E-state index is -1.39. The quantitative estimate of drug-likeness (QED) is 0.820. The highest BCUT2D eigenvalue weighted by Gasteiger charge is 2.40. The van der Waals surface area contributed by atoms with Crippen LogP contribution in [-0.4, -0.2) is 26.5 Å². The molecule has 0 aliphatic rings. The van der Waals surface area contributed by atoms with Gasteiger partial charge in [-0.05, 0) is 32.3 Å². The van der Waals surface area contributed by atoms with E-state index in [4.69, 9.17) is 9.84 Å². The molecule has 0 radical (unpaired) electrons. The molecule has 78 valence electrons. The lowest BCUT2D eigenvalue weighted by Gasteiger charge is -2.24. The van der Waals surface area contributed by atoms with E-state index in [1.807, 2.05) is 0 Å². The molecule has 5 nitrogen and oxygen atoms in total. The van der Waals surface area contributed by atoms with E-state index in [1.54, 1.807) is 13.8 Å². The summed E-state index contributed by atoms with van der Waals surface area (Å²) < 4.78 is 9.12. The van der Waals surface area contributed by atoms with Crippen molar-refractivity contribution < 1.29 is 14.6 Å². The van der Waals surface area contributed by atoms with Crippen LogP contribution >= 0.6 is 11.5 Å². The fourth-order valence-corrected chi connectivity index (χ4v) is 1.65. The van der Waals surface area contributed by atoms with Crippen LogP contribution in [0.3, 0.4) is 0 Å². The number of rotatable bonds is 4. The summed E-state index contributed by atoms with van der Waals surface area (Å²) in [6, 6.07) is 0. The van der Waals surface area contributed by atoms with E-state index < -0.39 is 11.6 Å². The topological polar surface area (TPSA) is 72.3 Å². The first-order valence-corrected chi connectivity index (χ1v) is 4.92. The van der Waals surface area contributed by atoms with Gasteiger partial charge in [0.15, 0.2) is 5.01 Å². The average molecular weight is 216 g/mol. The van der Waals surface area contributed by atoms with Gasteiger partial charge in [-0.3, -0.25) is 0 Å². The molecular formula is C8H12N2O3S. The van der Waals surface area contributed by atoms with E-state index in [0.717, 1.165) is 11.5 Å². The van der Waals surface area contributed by atoms with Crippen molar-refractivity contribution >= 4 is 17.5 Å². The summed E-state index contributed by atoms with van der Waals surface area (Å²) in [6.07, 6.45) is 1.14. The third-order valence-electron chi connectivity index (χ3n) is 1.65. The summed E-state index contributed by atoms with van der Waals surface area (Å²) in [7, 11) is 0. The van der Waals surface area contributed by atoms with Crippen LogP contribution < -0.4 is 0 Å². The van der Waals surface area contributed by atoms with E-state index in [9.17, 15) is 4.79 Å². The molecule has 0 spiro atoms. The number of carbonyl (C=O) groups is 1. The normalized spacial score (nSPS) is 15.4. The minimum Gasteiger partial charge on any atom is -0.479 e. The first-order chi connectivity index (χ1) is 6.47. The minimum absolute atomic E-state index is 0.181. The molecule has 1 aromatic rings. The maximum atomic E-state index is 11.1. The van der Waals surface area contributed by atoms with Crippen molar-refractivity contribution in [1.82, 2.24) is 9.36 Å². The molecule has 0 saturated carbocycles. The molecule has 0 amide bonds. The van der Waals surface area contributed by atoms with Gasteiger partial charge in [0.25, 0.3) is 0 Å². The average Bonchev–Trinajstić information content (AvgIpc) is 2.53. The van der Waals surface area contributed by atoms with Crippen LogP contribution in [0.15, 0.2) is 6.33 Å². The molecule has 1 N–H and O–H groups in total. The standard InChI is InChI=1S/C8H12N2O3S/c1-5(2)13-8(3,7(11)12)6-9-4-10-14-6/h4-5H,1-3H3,(H,11,12). The van der Waals surface area contributed by atoms with Gasteiger partial charge in [-0.15, -0.1) is 0 Å². The van der Waals surface area contributed by atoms with E-state index >= 15 is 0 Å². The van der Waals surface area contributed by atoms with Crippen LogP contribution in [0.25, 0.3) is 0 Å². The number of aromatic nitrogens is 2. The molecule has 0 saturated heterocycles. The van der Waals surface area contributed by atoms with Gasteiger partial charge in [-0.25, -0.2) is 9.78 Å². The van der Waals surface area contributed by atoms with Crippen molar-refractivity contribution in [2.45, 2.75) is 32.5 Å². The Balaban J connectivity index is 2.99. The van der Waals surface area contributed by atoms with Crippen molar-refractivity contribution in [1.29, 1.82) is 0 Å². The predicted molar refractivity (Wildman–Crippen MR) is 51.1 cm³/mol. The summed E-state index contributed by atoms with van der Waals surface area (Å²) in [4.78, 5) is 14.9. The summed E-state index contributed by atoms with van der Waals surface area (Å²) in [5.74, 6) is -1.05. The van der Waals surface area contributed by atoms with Crippen molar-refractivity contribution in [3.63, 3.8) is 0 Å². The van der Waals surface area contributed by atoms with Crippen molar-refractivity contribution in [3.05, 3.63) is 11.3 Å². The molecule has 1 heterocycles. The van der Waals surface area contributed by atoms with Gasteiger partial charge in [0.05, 0.1) is 6.10 Å². The van der Waals surface area contributed by atoms with Gasteiger partial charge < -0.3 is 9.84 Å². The first kappa shape index (κ1) is 11.1. The first-order valence-electron chi connectivity index (χ1n) is 4.15. The second-order valence-electron chi connectivity index (χ2n) is 3.25. The third-order valence-corrected chi connectivity index (χ3v) is 2.52. The predicted octanol–water partition coefficient (Wildman–Crippen LogP) is 1.26. The number of hydrogen-bond acceptors (Lipinski definition) is 5. The smallest absolute Gasteiger partial charge is 0.342 e. The lowest BCUT2D eigenvalue weighted by Crippen LogP contribution is -2.37. The second-order valence-corrected chi connectivity index (χ2v) is 4.03. The summed E-state index contributed by atoms with van der Waals surface area (Å²) in [5, 5.41) is 9.43. The fourth-order valence-electron chi connectivity index (χ4n) is 1.05. The zero-order chi connectivity index (χ0) is 10.8. The summed E-state index contributed by atoms with van der Waals surface area (Å²) >= 11 is 1.03. The molecule has 1 aromatic heterocycles. The van der Waals surface area contributed by atoms with Crippen LogP contribution in [0, 0.1) is 0 Å². The molecule has 0 fully saturated rings. The van der Waals surface area contributed by atoms with Crippen LogP contribution in [0.2, 0.25) is 0 Å². The largest absolute Gasteiger partial charge is 0.479 e. The zero-order valence-electron chi connectivity index (χ0n) is 8.22. The number of ether oxygens (including phenoxy) is 1. The second kappa shape index (κ2) is 4.02. The Morgan fingerprint density at radius 1 is 1.71 bits per heavy atom. The van der Waals surface area contributed by atoms with Gasteiger partial charge in [-0.2, -0.15) is 4.37 Å². The van der Waals surface area contributed by atoms with Crippen molar-refractivity contribution in [3.8, 4) is 0 Å². The fraction of sp³-hybridized carbons (Fsp3) is 0.625. The summed E-state index contributed by atoms with van der Waals surface area (Å²) in [6.45, 7) is 5.04. The third kappa shape index (κ3) is 2.08. The highest BCUT2D eigenvalue weighted by molar-refractivity contribution is 7.05. The molecular weight excluding hydrogens is 204 g/mol. The number of carboxylic acid groups (broad SMARTS) is 1. The molecule has 1 atom stereocenters. The number of carboxylic acids is 1. The van der Waals surface area contributed by atoms with Gasteiger partial charge in [0.1, 0.15) is 6.33 Å². The number of nitrogens with zero attached hydrogens (tertiary/aromatic N) is 2. The zero-order valence-corrected chi connectivity index (χ0v) is 9.04. The Labute approximate surface area is 85.9 Å². The SMILES string of the molecule is CC(C)OC(C)(C(=O)O)c1ncns1. The van der Waals surface area contributed by atoms with Gasteiger partial charge in [-0.1, -0.05) is 0 Å². The lowest BCUT2D eigenvalue weighted by atomic mass is 10.1. The molecule has 0 aliphatic carbocycles. The molecule has 1 unspecified atom stereocenters. The van der Waals surface area contributed by atoms with E-state index in [1.165, 1.54) is 13.3 Å². The number of hydrogen-bond donors (Lipinski definition) is 1. The van der Waals surface area contributed by atoms with E-state index in [2.05, 4.69) is 9.36 Å². The maximum Gasteiger partial charge on any atom is 0.342 e. The summed E-state index contributed by atoms with van der Waals surface area (Å²) in [5.41, 5.74) is -1.39. The van der Waals surface area contributed by atoms with Crippen LogP contribution in [0.5, 0.6) is 0 Å². The van der Waals surface area contributed by atoms with Gasteiger partial charge in [0.2, 0.25) is 5.60 Å². The Bertz CT molecular complexity index is 312. The highest BCUT2D eigenvalue weighted by atomic mass is 32.1. The van der Waals surface area contributed by atoms with Gasteiger partial charge >= 0.3 is 5.97 Å². The van der Waals surface area contributed by atoms with Crippen LogP contribution in [-0.2, 0) is 15.1 Å². The Morgan fingerprint density at radius 3 is 2.71 bits per heavy atom. The Morgan fingerprint density at radius 2 is 2.36 bits per heavy atom.